The van der Waals surface area contributed by atoms with Crippen molar-refractivity contribution in [3.05, 3.63) is 63.7 Å². The molecule has 31 heavy (non-hydrogen) atoms. The van der Waals surface area contributed by atoms with Crippen LogP contribution in [0.4, 0.5) is 11.5 Å². The van der Waals surface area contributed by atoms with Crippen LogP contribution in [0.1, 0.15) is 25.0 Å². The number of rotatable bonds is 5. The minimum absolute atomic E-state index is 0.00761. The van der Waals surface area contributed by atoms with Crippen LogP contribution in [0.25, 0.3) is 22.4 Å². The number of anilines is 1. The average Bonchev–Trinajstić information content (AvgIpc) is 3.20. The van der Waals surface area contributed by atoms with Crippen LogP contribution in [-0.4, -0.2) is 16.7 Å². The third-order valence-electron chi connectivity index (χ3n) is 5.03. The molecule has 8 nitrogen and oxygen atoms in total. The van der Waals surface area contributed by atoms with Gasteiger partial charge in [0.05, 0.1) is 22.2 Å². The van der Waals surface area contributed by atoms with Gasteiger partial charge in [-0.05, 0) is 30.0 Å². The fraction of sp³-hybridized carbons (Fsp3) is 0.217. The molecule has 8 heteroatoms. The number of hydrogen-bond acceptors (Lipinski definition) is 7. The summed E-state index contributed by atoms with van der Waals surface area (Å²) in [5, 5.41) is 21.4. The lowest BCUT2D eigenvalue weighted by molar-refractivity contribution is -0.384. The molecular formula is C23H20N4O4. The maximum atomic E-state index is 11.7. The Hall–Kier alpha value is -4.12. The molecule has 0 saturated carbocycles. The largest absolute Gasteiger partial charge is 0.454 e. The van der Waals surface area contributed by atoms with Crippen LogP contribution in [0.5, 0.6) is 11.5 Å². The quantitative estimate of drug-likeness (QED) is 0.472. The highest BCUT2D eigenvalue weighted by molar-refractivity contribution is 5.86. The van der Waals surface area contributed by atoms with Crippen LogP contribution in [0.2, 0.25) is 0 Å². The van der Waals surface area contributed by atoms with Crippen LogP contribution in [0, 0.1) is 27.4 Å². The molecular weight excluding hydrogens is 396 g/mol. The Kier molecular flexibility index (Phi) is 5.17. The summed E-state index contributed by atoms with van der Waals surface area (Å²) in [7, 11) is 0. The predicted octanol–water partition coefficient (Wildman–Crippen LogP) is 4.70. The van der Waals surface area contributed by atoms with E-state index in [9.17, 15) is 15.4 Å². The summed E-state index contributed by atoms with van der Waals surface area (Å²) in [6, 6.07) is 14.4. The summed E-state index contributed by atoms with van der Waals surface area (Å²) in [6.07, 6.45) is 0.956. The van der Waals surface area contributed by atoms with Crippen LogP contribution < -0.4 is 15.2 Å². The van der Waals surface area contributed by atoms with Crippen LogP contribution in [0.15, 0.2) is 42.5 Å². The molecule has 2 heterocycles. The van der Waals surface area contributed by atoms with Gasteiger partial charge in [-0.15, -0.1) is 0 Å². The van der Waals surface area contributed by atoms with Crippen molar-refractivity contribution >= 4 is 11.5 Å². The van der Waals surface area contributed by atoms with E-state index < -0.39 is 4.92 Å². The highest BCUT2D eigenvalue weighted by Gasteiger charge is 2.27. The fourth-order valence-corrected chi connectivity index (χ4v) is 3.62. The number of nitriles is 1. The molecule has 156 valence electrons. The molecule has 2 N–H and O–H groups in total. The topological polar surface area (TPSA) is 124 Å². The molecule has 2 aromatic carbocycles. The molecule has 0 bridgehead atoms. The second-order valence-electron chi connectivity index (χ2n) is 7.70. The van der Waals surface area contributed by atoms with Gasteiger partial charge in [-0.3, -0.25) is 10.1 Å². The van der Waals surface area contributed by atoms with Gasteiger partial charge in [-0.25, -0.2) is 4.98 Å². The second kappa shape index (κ2) is 7.95. The van der Waals surface area contributed by atoms with Gasteiger partial charge >= 0.3 is 0 Å². The van der Waals surface area contributed by atoms with Gasteiger partial charge in [0.2, 0.25) is 6.79 Å². The Balaban J connectivity index is 1.87. The van der Waals surface area contributed by atoms with E-state index in [2.05, 4.69) is 18.8 Å². The molecule has 0 saturated heterocycles. The number of nitro benzene ring substituents is 1. The summed E-state index contributed by atoms with van der Waals surface area (Å²) in [5.41, 5.74) is 9.01. The maximum Gasteiger partial charge on any atom is 0.281 e. The van der Waals surface area contributed by atoms with Crippen LogP contribution >= 0.6 is 0 Å². The van der Waals surface area contributed by atoms with Crippen molar-refractivity contribution in [2.24, 2.45) is 5.92 Å². The second-order valence-corrected chi connectivity index (χ2v) is 7.70. The molecule has 3 aromatic rings. The first-order chi connectivity index (χ1) is 14.9. The lowest BCUT2D eigenvalue weighted by Crippen LogP contribution is -2.01. The molecule has 0 amide bonds. The van der Waals surface area contributed by atoms with E-state index in [1.54, 1.807) is 6.07 Å². The lowest BCUT2D eigenvalue weighted by atomic mass is 9.96. The Labute approximate surface area is 179 Å². The minimum atomic E-state index is -0.518. The maximum absolute atomic E-state index is 11.7. The summed E-state index contributed by atoms with van der Waals surface area (Å²) in [4.78, 5) is 15.6. The Morgan fingerprint density at radius 2 is 1.84 bits per heavy atom. The Morgan fingerprint density at radius 3 is 2.45 bits per heavy atom. The molecule has 0 unspecified atom stereocenters. The first-order valence-corrected chi connectivity index (χ1v) is 9.75. The first-order valence-electron chi connectivity index (χ1n) is 9.75. The number of fused-ring (bicyclic) bond motifs is 1. The number of nitrogen functional groups attached to an aromatic ring is 1. The van der Waals surface area contributed by atoms with E-state index in [0.717, 1.165) is 12.0 Å². The standard InChI is InChI=1S/C23H20N4O4/c1-13(2)7-14-3-5-15(6-4-14)19-8-16(18(11-24)23(25)26-19)17-9-21-22(31-12-30-21)10-20(17)27(28)29/h3-6,8-10,13H,7,12H2,1-2H3,(H2,25,26). The van der Waals surface area contributed by atoms with E-state index in [4.69, 9.17) is 15.2 Å². The molecule has 0 spiro atoms. The van der Waals surface area contributed by atoms with Gasteiger partial charge in [0, 0.05) is 11.1 Å². The van der Waals surface area contributed by atoms with Crippen LogP contribution in [0.3, 0.4) is 0 Å². The van der Waals surface area contributed by atoms with Gasteiger partial charge in [0.1, 0.15) is 17.5 Å². The van der Waals surface area contributed by atoms with Crippen molar-refractivity contribution in [2.75, 3.05) is 12.5 Å². The molecule has 0 atom stereocenters. The van der Waals surface area contributed by atoms with Crippen molar-refractivity contribution < 1.29 is 14.4 Å². The fourth-order valence-electron chi connectivity index (χ4n) is 3.62. The highest BCUT2D eigenvalue weighted by atomic mass is 16.7. The van der Waals surface area contributed by atoms with Gasteiger partial charge in [-0.2, -0.15) is 5.26 Å². The highest BCUT2D eigenvalue weighted by Crippen LogP contribution is 2.44. The third-order valence-corrected chi connectivity index (χ3v) is 5.03. The third kappa shape index (κ3) is 3.85. The normalized spacial score (nSPS) is 12.1. The molecule has 0 aliphatic carbocycles. The number of pyridine rings is 1. The van der Waals surface area contributed by atoms with E-state index in [-0.39, 0.29) is 35.2 Å². The molecule has 1 aromatic heterocycles. The molecule has 0 fully saturated rings. The zero-order valence-electron chi connectivity index (χ0n) is 17.1. The number of aromatic nitrogens is 1. The number of benzene rings is 2. The Morgan fingerprint density at radius 1 is 1.16 bits per heavy atom. The number of nitrogens with zero attached hydrogens (tertiary/aromatic N) is 3. The van der Waals surface area contributed by atoms with Crippen molar-refractivity contribution in [3.8, 4) is 40.0 Å². The van der Waals surface area contributed by atoms with Crippen molar-refractivity contribution in [3.63, 3.8) is 0 Å². The van der Waals surface area contributed by atoms with Gasteiger partial charge < -0.3 is 15.2 Å². The molecule has 1 aliphatic heterocycles. The van der Waals surface area contributed by atoms with Gasteiger partial charge in [0.25, 0.3) is 5.69 Å². The van der Waals surface area contributed by atoms with E-state index in [1.165, 1.54) is 17.7 Å². The minimum Gasteiger partial charge on any atom is -0.454 e. The van der Waals surface area contributed by atoms with E-state index >= 15 is 0 Å². The summed E-state index contributed by atoms with van der Waals surface area (Å²) in [6.45, 7) is 4.29. The number of nitro groups is 1. The van der Waals surface area contributed by atoms with Crippen LogP contribution in [-0.2, 0) is 6.42 Å². The number of nitrogens with two attached hydrogens (primary N) is 1. The Bertz CT molecular complexity index is 1210. The van der Waals surface area contributed by atoms with E-state index in [1.807, 2.05) is 30.3 Å². The van der Waals surface area contributed by atoms with Crippen molar-refractivity contribution in [1.29, 1.82) is 5.26 Å². The predicted molar refractivity (Wildman–Crippen MR) is 116 cm³/mol. The van der Waals surface area contributed by atoms with Gasteiger partial charge in [-0.1, -0.05) is 38.1 Å². The monoisotopic (exact) mass is 416 g/mol. The SMILES string of the molecule is CC(C)Cc1ccc(-c2cc(-c3cc4c(cc3[N+](=O)[O-])OCO4)c(C#N)c(N)n2)cc1. The summed E-state index contributed by atoms with van der Waals surface area (Å²) in [5.74, 6) is 1.21. The molecule has 1 aliphatic rings. The number of hydrogen-bond donors (Lipinski definition) is 1. The molecule has 0 radical (unpaired) electrons. The molecule has 4 rings (SSSR count). The van der Waals surface area contributed by atoms with Crippen molar-refractivity contribution in [1.82, 2.24) is 4.98 Å². The van der Waals surface area contributed by atoms with Crippen molar-refractivity contribution in [2.45, 2.75) is 20.3 Å². The van der Waals surface area contributed by atoms with E-state index in [0.29, 0.717) is 22.9 Å². The number of ether oxygens (including phenoxy) is 2. The zero-order valence-corrected chi connectivity index (χ0v) is 17.1. The zero-order chi connectivity index (χ0) is 22.1. The lowest BCUT2D eigenvalue weighted by Gasteiger charge is -2.12. The first kappa shape index (κ1) is 20.2. The summed E-state index contributed by atoms with van der Waals surface area (Å²) >= 11 is 0. The average molecular weight is 416 g/mol. The summed E-state index contributed by atoms with van der Waals surface area (Å²) < 4.78 is 10.6. The smallest absolute Gasteiger partial charge is 0.281 e. The van der Waals surface area contributed by atoms with Gasteiger partial charge in [0.15, 0.2) is 11.5 Å².